The molecule has 1 aromatic rings. The van der Waals surface area contributed by atoms with Crippen molar-refractivity contribution in [2.24, 2.45) is 0 Å². The highest BCUT2D eigenvalue weighted by Crippen LogP contribution is 2.27. The van der Waals surface area contributed by atoms with Crippen LogP contribution in [0.4, 0.5) is 5.95 Å². The zero-order valence-corrected chi connectivity index (χ0v) is 11.1. The SMILES string of the molecule is CC1NCCC1c1nc(N2CCN(C)CC2)no1. The summed E-state index contributed by atoms with van der Waals surface area (Å²) in [6, 6.07) is 0.436. The van der Waals surface area contributed by atoms with Gasteiger partial charge in [0.05, 0.1) is 5.92 Å². The van der Waals surface area contributed by atoms with Crippen molar-refractivity contribution in [3.8, 4) is 0 Å². The van der Waals surface area contributed by atoms with Gasteiger partial charge in [0, 0.05) is 32.2 Å². The number of nitrogens with one attached hydrogen (secondary N) is 1. The summed E-state index contributed by atoms with van der Waals surface area (Å²) in [7, 11) is 2.14. The molecule has 6 heteroatoms. The zero-order chi connectivity index (χ0) is 12.5. The van der Waals surface area contributed by atoms with Crippen molar-refractivity contribution in [2.45, 2.75) is 25.3 Å². The fourth-order valence-electron chi connectivity index (χ4n) is 2.71. The Labute approximate surface area is 107 Å². The average molecular weight is 251 g/mol. The zero-order valence-electron chi connectivity index (χ0n) is 11.1. The Balaban J connectivity index is 1.69. The maximum atomic E-state index is 5.44. The molecular formula is C12H21N5O. The van der Waals surface area contributed by atoms with Gasteiger partial charge in [0.25, 0.3) is 5.95 Å². The molecule has 2 fully saturated rings. The van der Waals surface area contributed by atoms with E-state index in [1.807, 2.05) is 0 Å². The van der Waals surface area contributed by atoms with Crippen LogP contribution in [-0.2, 0) is 0 Å². The molecule has 6 nitrogen and oxygen atoms in total. The van der Waals surface area contributed by atoms with E-state index in [0.717, 1.165) is 51.0 Å². The second-order valence-corrected chi connectivity index (χ2v) is 5.36. The lowest BCUT2D eigenvalue weighted by atomic mass is 10.0. The van der Waals surface area contributed by atoms with Crippen LogP contribution < -0.4 is 10.2 Å². The number of nitrogens with zero attached hydrogens (tertiary/aromatic N) is 4. The molecule has 100 valence electrons. The number of rotatable bonds is 2. The molecule has 2 unspecified atom stereocenters. The molecule has 2 atom stereocenters. The van der Waals surface area contributed by atoms with Crippen molar-refractivity contribution in [3.05, 3.63) is 5.89 Å². The highest BCUT2D eigenvalue weighted by atomic mass is 16.5. The van der Waals surface area contributed by atoms with Crippen molar-refractivity contribution in [3.63, 3.8) is 0 Å². The van der Waals surface area contributed by atoms with E-state index >= 15 is 0 Å². The Kier molecular flexibility index (Phi) is 3.22. The first-order valence-electron chi connectivity index (χ1n) is 6.74. The van der Waals surface area contributed by atoms with Crippen LogP contribution in [0.25, 0.3) is 0 Å². The fourth-order valence-corrected chi connectivity index (χ4v) is 2.71. The van der Waals surface area contributed by atoms with E-state index in [9.17, 15) is 0 Å². The third kappa shape index (κ3) is 2.22. The number of hydrogen-bond acceptors (Lipinski definition) is 6. The third-order valence-electron chi connectivity index (χ3n) is 4.06. The van der Waals surface area contributed by atoms with Crippen molar-refractivity contribution in [1.29, 1.82) is 0 Å². The first kappa shape index (κ1) is 11.9. The van der Waals surface area contributed by atoms with Gasteiger partial charge in [0.2, 0.25) is 5.89 Å². The van der Waals surface area contributed by atoms with Gasteiger partial charge in [-0.1, -0.05) is 0 Å². The van der Waals surface area contributed by atoms with Gasteiger partial charge in [-0.15, -0.1) is 0 Å². The number of piperazine rings is 1. The second-order valence-electron chi connectivity index (χ2n) is 5.36. The maximum Gasteiger partial charge on any atom is 0.266 e. The summed E-state index contributed by atoms with van der Waals surface area (Å²) in [5.74, 6) is 1.93. The van der Waals surface area contributed by atoms with Gasteiger partial charge in [-0.3, -0.25) is 0 Å². The summed E-state index contributed by atoms with van der Waals surface area (Å²) in [6.07, 6.45) is 1.09. The van der Waals surface area contributed by atoms with E-state index in [4.69, 9.17) is 4.52 Å². The molecule has 0 bridgehead atoms. The fraction of sp³-hybridized carbons (Fsp3) is 0.833. The minimum Gasteiger partial charge on any atom is -0.337 e. The lowest BCUT2D eigenvalue weighted by Gasteiger charge is -2.31. The minimum atomic E-state index is 0.374. The molecule has 3 heterocycles. The van der Waals surface area contributed by atoms with E-state index < -0.39 is 0 Å². The maximum absolute atomic E-state index is 5.44. The number of aromatic nitrogens is 2. The van der Waals surface area contributed by atoms with E-state index in [1.165, 1.54) is 0 Å². The Bertz CT molecular complexity index is 399. The van der Waals surface area contributed by atoms with Gasteiger partial charge in [-0.2, -0.15) is 4.98 Å². The van der Waals surface area contributed by atoms with Crippen LogP contribution in [-0.4, -0.2) is 60.9 Å². The third-order valence-corrected chi connectivity index (χ3v) is 4.06. The van der Waals surface area contributed by atoms with Crippen LogP contribution in [0.5, 0.6) is 0 Å². The van der Waals surface area contributed by atoms with Gasteiger partial charge < -0.3 is 19.6 Å². The lowest BCUT2D eigenvalue weighted by Crippen LogP contribution is -2.44. The molecule has 2 aliphatic rings. The van der Waals surface area contributed by atoms with Gasteiger partial charge >= 0.3 is 0 Å². The van der Waals surface area contributed by atoms with Gasteiger partial charge in [0.15, 0.2) is 0 Å². The molecule has 3 rings (SSSR count). The van der Waals surface area contributed by atoms with Gasteiger partial charge in [-0.25, -0.2) is 0 Å². The number of likely N-dealkylation sites (N-methyl/N-ethyl adjacent to an activating group) is 1. The molecule has 18 heavy (non-hydrogen) atoms. The molecule has 0 spiro atoms. The van der Waals surface area contributed by atoms with E-state index in [0.29, 0.717) is 12.0 Å². The van der Waals surface area contributed by atoms with E-state index in [-0.39, 0.29) is 0 Å². The van der Waals surface area contributed by atoms with Crippen LogP contribution in [0.1, 0.15) is 25.2 Å². The molecule has 0 amide bonds. The van der Waals surface area contributed by atoms with Crippen LogP contribution in [0.3, 0.4) is 0 Å². The molecule has 1 aromatic heterocycles. The smallest absolute Gasteiger partial charge is 0.266 e. The largest absolute Gasteiger partial charge is 0.337 e. The summed E-state index contributed by atoms with van der Waals surface area (Å²) in [5, 5.41) is 7.55. The topological polar surface area (TPSA) is 57.4 Å². The Hall–Kier alpha value is -1.14. The highest BCUT2D eigenvalue weighted by Gasteiger charge is 2.30. The normalized spacial score (nSPS) is 30.0. The second kappa shape index (κ2) is 4.85. The van der Waals surface area contributed by atoms with E-state index in [1.54, 1.807) is 0 Å². The average Bonchev–Trinajstić information content (AvgIpc) is 2.98. The molecular weight excluding hydrogens is 230 g/mol. The standard InChI is InChI=1S/C12H21N5O/c1-9-10(3-4-13-9)11-14-12(15-18-11)17-7-5-16(2)6-8-17/h9-10,13H,3-8H2,1-2H3. The van der Waals surface area contributed by atoms with Crippen LogP contribution >= 0.6 is 0 Å². The van der Waals surface area contributed by atoms with Crippen molar-refractivity contribution in [2.75, 3.05) is 44.7 Å². The predicted molar refractivity (Wildman–Crippen MR) is 68.8 cm³/mol. The van der Waals surface area contributed by atoms with Crippen molar-refractivity contribution >= 4 is 5.95 Å². The summed E-state index contributed by atoms with van der Waals surface area (Å²) in [6.45, 7) is 7.30. The Morgan fingerprint density at radius 2 is 2.06 bits per heavy atom. The highest BCUT2D eigenvalue weighted by molar-refractivity contribution is 5.29. The first-order chi connectivity index (χ1) is 8.74. The minimum absolute atomic E-state index is 0.374. The molecule has 0 aliphatic carbocycles. The summed E-state index contributed by atoms with van der Waals surface area (Å²) in [4.78, 5) is 9.11. The van der Waals surface area contributed by atoms with Crippen LogP contribution in [0.15, 0.2) is 4.52 Å². The lowest BCUT2D eigenvalue weighted by molar-refractivity contribution is 0.307. The molecule has 0 saturated carbocycles. The first-order valence-corrected chi connectivity index (χ1v) is 6.74. The van der Waals surface area contributed by atoms with Crippen molar-refractivity contribution in [1.82, 2.24) is 20.4 Å². The Morgan fingerprint density at radius 1 is 1.28 bits per heavy atom. The van der Waals surface area contributed by atoms with Gasteiger partial charge in [0.1, 0.15) is 0 Å². The Morgan fingerprint density at radius 3 is 2.72 bits per heavy atom. The molecule has 2 saturated heterocycles. The predicted octanol–water partition coefficient (Wildman–Crippen LogP) is 0.287. The quantitative estimate of drug-likeness (QED) is 0.815. The summed E-state index contributed by atoms with van der Waals surface area (Å²) >= 11 is 0. The van der Waals surface area contributed by atoms with Crippen LogP contribution in [0, 0.1) is 0 Å². The summed E-state index contributed by atoms with van der Waals surface area (Å²) < 4.78 is 5.44. The summed E-state index contributed by atoms with van der Waals surface area (Å²) in [5.41, 5.74) is 0. The number of anilines is 1. The monoisotopic (exact) mass is 251 g/mol. The molecule has 0 radical (unpaired) electrons. The molecule has 0 aromatic carbocycles. The molecule has 2 aliphatic heterocycles. The number of hydrogen-bond donors (Lipinski definition) is 1. The van der Waals surface area contributed by atoms with Gasteiger partial charge in [-0.05, 0) is 32.1 Å². The van der Waals surface area contributed by atoms with E-state index in [2.05, 4.69) is 39.2 Å². The van der Waals surface area contributed by atoms with Crippen LogP contribution in [0.2, 0.25) is 0 Å². The van der Waals surface area contributed by atoms with Crippen molar-refractivity contribution < 1.29 is 4.52 Å². The molecule has 1 N–H and O–H groups in total.